The Bertz CT molecular complexity index is 725. The lowest BCUT2D eigenvalue weighted by Gasteiger charge is -2.45. The molecular weight excluding hydrogens is 394 g/mol. The molecule has 6 heteroatoms. The molecule has 2 aliphatic rings. The van der Waals surface area contributed by atoms with Gasteiger partial charge < -0.3 is 19.1 Å². The van der Waals surface area contributed by atoms with Crippen LogP contribution in [0.4, 0.5) is 0 Å². The Hall–Kier alpha value is -1.63. The van der Waals surface area contributed by atoms with Gasteiger partial charge in [0.1, 0.15) is 0 Å². The van der Waals surface area contributed by atoms with Crippen LogP contribution in [0.15, 0.2) is 41.4 Å². The number of carbonyl (C=O) groups excluding carboxylic acids is 1. The van der Waals surface area contributed by atoms with Crippen LogP contribution >= 0.6 is 11.3 Å². The third-order valence-electron chi connectivity index (χ3n) is 6.88. The van der Waals surface area contributed by atoms with Crippen molar-refractivity contribution in [2.75, 3.05) is 39.9 Å². The van der Waals surface area contributed by atoms with Gasteiger partial charge in [0, 0.05) is 38.6 Å². The Balaban J connectivity index is 1.47. The molecule has 0 aromatic carbocycles. The summed E-state index contributed by atoms with van der Waals surface area (Å²) in [5.41, 5.74) is 1.22. The van der Waals surface area contributed by atoms with Crippen LogP contribution in [0.3, 0.4) is 0 Å². The minimum atomic E-state index is 0.0568. The summed E-state index contributed by atoms with van der Waals surface area (Å²) in [7, 11) is 1.72. The van der Waals surface area contributed by atoms with Crippen LogP contribution in [0.1, 0.15) is 50.1 Å². The minimum Gasteiger partial charge on any atom is -0.383 e. The van der Waals surface area contributed by atoms with Crippen LogP contribution in [0, 0.1) is 5.92 Å². The highest BCUT2D eigenvalue weighted by Crippen LogP contribution is 2.32. The van der Waals surface area contributed by atoms with Crippen LogP contribution in [-0.4, -0.2) is 66.2 Å². The summed E-state index contributed by atoms with van der Waals surface area (Å²) in [5.74, 6) is 0.830. The van der Waals surface area contributed by atoms with E-state index in [9.17, 15) is 4.79 Å². The van der Waals surface area contributed by atoms with Gasteiger partial charge in [-0.25, -0.2) is 0 Å². The number of piperidine rings is 2. The number of ether oxygens (including phenoxy) is 1. The first-order valence-electron chi connectivity index (χ1n) is 11.4. The lowest BCUT2D eigenvalue weighted by molar-refractivity contribution is -0.134. The van der Waals surface area contributed by atoms with Gasteiger partial charge in [0.15, 0.2) is 0 Å². The lowest BCUT2D eigenvalue weighted by Crippen LogP contribution is -2.52. The van der Waals surface area contributed by atoms with Crippen LogP contribution in [0.2, 0.25) is 0 Å². The van der Waals surface area contributed by atoms with E-state index >= 15 is 0 Å². The number of methoxy groups -OCH3 is 1. The molecule has 0 saturated carbocycles. The molecule has 164 valence electrons. The highest BCUT2D eigenvalue weighted by Gasteiger charge is 2.35. The summed E-state index contributed by atoms with van der Waals surface area (Å²) in [6.45, 7) is 4.62. The number of rotatable bonds is 9. The third kappa shape index (κ3) is 5.16. The first kappa shape index (κ1) is 21.6. The first-order valence-corrected chi connectivity index (χ1v) is 12.4. The van der Waals surface area contributed by atoms with Crippen molar-refractivity contribution < 1.29 is 9.53 Å². The zero-order valence-electron chi connectivity index (χ0n) is 18.1. The smallest absolute Gasteiger partial charge is 0.225 e. The van der Waals surface area contributed by atoms with E-state index in [0.717, 1.165) is 6.54 Å². The van der Waals surface area contributed by atoms with Gasteiger partial charge in [0.05, 0.1) is 19.1 Å². The number of amides is 1. The third-order valence-corrected chi connectivity index (χ3v) is 7.59. The van der Waals surface area contributed by atoms with E-state index in [-0.39, 0.29) is 11.9 Å². The van der Waals surface area contributed by atoms with Crippen molar-refractivity contribution in [3.05, 3.63) is 46.9 Å². The van der Waals surface area contributed by atoms with Gasteiger partial charge >= 0.3 is 0 Å². The van der Waals surface area contributed by atoms with Crippen molar-refractivity contribution in [2.45, 2.75) is 50.6 Å². The number of carbonyl (C=O) groups is 1. The van der Waals surface area contributed by atoms with E-state index in [1.54, 1.807) is 18.4 Å². The molecule has 3 unspecified atom stereocenters. The van der Waals surface area contributed by atoms with Crippen LogP contribution in [-0.2, 0) is 9.53 Å². The molecule has 3 atom stereocenters. The maximum Gasteiger partial charge on any atom is 0.225 e. The zero-order chi connectivity index (χ0) is 20.8. The topological polar surface area (TPSA) is 37.7 Å². The first-order chi connectivity index (χ1) is 14.8. The Morgan fingerprint density at radius 2 is 2.07 bits per heavy atom. The number of hydrogen-bond donors (Lipinski definition) is 0. The van der Waals surface area contributed by atoms with E-state index in [0.29, 0.717) is 31.5 Å². The average molecular weight is 430 g/mol. The molecule has 0 spiro atoms. The van der Waals surface area contributed by atoms with Gasteiger partial charge in [-0.3, -0.25) is 4.79 Å². The van der Waals surface area contributed by atoms with Crippen molar-refractivity contribution in [3.8, 4) is 0 Å². The molecular formula is C24H35N3O2S. The maximum absolute atomic E-state index is 13.5. The van der Waals surface area contributed by atoms with Gasteiger partial charge in [-0.2, -0.15) is 11.3 Å². The van der Waals surface area contributed by atoms with Crippen molar-refractivity contribution in [3.63, 3.8) is 0 Å². The molecule has 0 radical (unpaired) electrons. The minimum absolute atomic E-state index is 0.0568. The van der Waals surface area contributed by atoms with Gasteiger partial charge in [-0.1, -0.05) is 6.42 Å². The second-order valence-corrected chi connectivity index (χ2v) is 9.52. The SMILES string of the molecule is COCCN(CC1CCCN2CCCCC12)C(=O)CC(c1ccsc1)n1cccc1. The molecule has 2 aromatic heterocycles. The van der Waals surface area contributed by atoms with Crippen LogP contribution in [0.5, 0.6) is 0 Å². The Labute approximate surface area is 184 Å². The standard InChI is InChI=1S/C24H35N3O2S/c1-29-15-14-27(18-20-7-6-13-25-10-3-2-8-22(20)25)24(28)17-23(21-9-16-30-19-21)26-11-4-5-12-26/h4-5,9,11-12,16,19-20,22-23H,2-3,6-8,10,13-15,17-18H2,1H3. The van der Waals surface area contributed by atoms with Crippen molar-refractivity contribution in [1.29, 1.82) is 0 Å². The second-order valence-electron chi connectivity index (χ2n) is 8.74. The molecule has 0 bridgehead atoms. The highest BCUT2D eigenvalue weighted by molar-refractivity contribution is 7.08. The van der Waals surface area contributed by atoms with Crippen molar-refractivity contribution in [1.82, 2.24) is 14.4 Å². The van der Waals surface area contributed by atoms with E-state index in [1.807, 2.05) is 12.1 Å². The van der Waals surface area contributed by atoms with E-state index < -0.39 is 0 Å². The summed E-state index contributed by atoms with van der Waals surface area (Å²) in [6.07, 6.45) is 11.1. The van der Waals surface area contributed by atoms with Crippen LogP contribution in [0.25, 0.3) is 0 Å². The summed E-state index contributed by atoms with van der Waals surface area (Å²) >= 11 is 1.69. The Morgan fingerprint density at radius 3 is 2.83 bits per heavy atom. The molecule has 0 N–H and O–H groups in total. The molecule has 4 rings (SSSR count). The summed E-state index contributed by atoms with van der Waals surface area (Å²) in [6, 6.07) is 6.92. The van der Waals surface area contributed by atoms with Gasteiger partial charge in [-0.05, 0) is 79.2 Å². The van der Waals surface area contributed by atoms with E-state index in [4.69, 9.17) is 4.74 Å². The number of nitrogens with zero attached hydrogens (tertiary/aromatic N) is 3. The summed E-state index contributed by atoms with van der Waals surface area (Å²) in [4.78, 5) is 18.3. The molecule has 2 aliphatic heterocycles. The fourth-order valence-corrected chi connectivity index (χ4v) is 6.01. The van der Waals surface area contributed by atoms with Crippen LogP contribution < -0.4 is 0 Å². The Morgan fingerprint density at radius 1 is 1.23 bits per heavy atom. The molecule has 30 heavy (non-hydrogen) atoms. The quantitative estimate of drug-likeness (QED) is 0.597. The van der Waals surface area contributed by atoms with Gasteiger partial charge in [0.2, 0.25) is 5.91 Å². The molecule has 2 fully saturated rings. The molecule has 5 nitrogen and oxygen atoms in total. The molecule has 1 amide bonds. The fourth-order valence-electron chi connectivity index (χ4n) is 5.30. The van der Waals surface area contributed by atoms with Crippen molar-refractivity contribution in [2.24, 2.45) is 5.92 Å². The normalized spacial score (nSPS) is 23.1. The number of fused-ring (bicyclic) bond motifs is 1. The second kappa shape index (κ2) is 10.6. The van der Waals surface area contributed by atoms with Gasteiger partial charge in [0.25, 0.3) is 0 Å². The number of hydrogen-bond acceptors (Lipinski definition) is 4. The fraction of sp³-hybridized carbons (Fsp3) is 0.625. The Kier molecular flexibility index (Phi) is 7.63. The van der Waals surface area contributed by atoms with E-state index in [2.05, 4.69) is 43.6 Å². The predicted octanol–water partition coefficient (Wildman–Crippen LogP) is 4.27. The maximum atomic E-state index is 13.5. The number of aromatic nitrogens is 1. The average Bonchev–Trinajstić information content (AvgIpc) is 3.49. The summed E-state index contributed by atoms with van der Waals surface area (Å²) < 4.78 is 7.52. The molecule has 0 aliphatic carbocycles. The molecule has 2 saturated heterocycles. The molecule has 2 aromatic rings. The predicted molar refractivity (Wildman–Crippen MR) is 122 cm³/mol. The summed E-state index contributed by atoms with van der Waals surface area (Å²) in [5, 5.41) is 4.26. The highest BCUT2D eigenvalue weighted by atomic mass is 32.1. The van der Waals surface area contributed by atoms with Gasteiger partial charge in [-0.15, -0.1) is 0 Å². The largest absolute Gasteiger partial charge is 0.383 e. The monoisotopic (exact) mass is 429 g/mol. The zero-order valence-corrected chi connectivity index (χ0v) is 18.9. The molecule has 4 heterocycles. The number of thiophene rings is 1. The van der Waals surface area contributed by atoms with Crippen molar-refractivity contribution >= 4 is 17.2 Å². The van der Waals surface area contributed by atoms with E-state index in [1.165, 1.54) is 50.8 Å². The lowest BCUT2D eigenvalue weighted by atomic mass is 9.83.